The van der Waals surface area contributed by atoms with Gasteiger partial charge in [-0.2, -0.15) is 0 Å². The van der Waals surface area contributed by atoms with Gasteiger partial charge < -0.3 is 19.5 Å². The SMILES string of the molecule is CN(CCOC[C@H](O)c1cccc(F)c1)C(=O)OC(C)(C)C. The Labute approximate surface area is 130 Å². The second-order valence-corrected chi connectivity index (χ2v) is 6.05. The van der Waals surface area contributed by atoms with E-state index in [9.17, 15) is 14.3 Å². The van der Waals surface area contributed by atoms with Gasteiger partial charge in [-0.25, -0.2) is 9.18 Å². The molecule has 22 heavy (non-hydrogen) atoms. The highest BCUT2D eigenvalue weighted by Crippen LogP contribution is 2.14. The largest absolute Gasteiger partial charge is 0.444 e. The molecule has 0 aliphatic carbocycles. The van der Waals surface area contributed by atoms with Crippen molar-refractivity contribution in [3.8, 4) is 0 Å². The Balaban J connectivity index is 2.28. The van der Waals surface area contributed by atoms with Crippen molar-refractivity contribution in [1.82, 2.24) is 4.90 Å². The molecule has 1 aromatic rings. The summed E-state index contributed by atoms with van der Waals surface area (Å²) < 4.78 is 23.6. The predicted molar refractivity (Wildman–Crippen MR) is 81.0 cm³/mol. The van der Waals surface area contributed by atoms with Gasteiger partial charge in [-0.3, -0.25) is 0 Å². The molecule has 1 atom stereocenters. The highest BCUT2D eigenvalue weighted by atomic mass is 19.1. The van der Waals surface area contributed by atoms with Crippen molar-refractivity contribution in [2.75, 3.05) is 26.8 Å². The van der Waals surface area contributed by atoms with Crippen LogP contribution >= 0.6 is 0 Å². The van der Waals surface area contributed by atoms with Crippen LogP contribution in [-0.4, -0.2) is 48.5 Å². The van der Waals surface area contributed by atoms with Crippen LogP contribution in [0.4, 0.5) is 9.18 Å². The van der Waals surface area contributed by atoms with Crippen LogP contribution in [-0.2, 0) is 9.47 Å². The van der Waals surface area contributed by atoms with E-state index in [0.29, 0.717) is 12.1 Å². The van der Waals surface area contributed by atoms with E-state index in [1.165, 1.54) is 23.1 Å². The third kappa shape index (κ3) is 6.87. The second kappa shape index (κ2) is 8.10. The quantitative estimate of drug-likeness (QED) is 0.820. The summed E-state index contributed by atoms with van der Waals surface area (Å²) >= 11 is 0. The minimum absolute atomic E-state index is 0.0333. The van der Waals surface area contributed by atoms with Gasteiger partial charge in [0.1, 0.15) is 17.5 Å². The van der Waals surface area contributed by atoms with Gasteiger partial charge in [0.2, 0.25) is 0 Å². The first kappa shape index (κ1) is 18.4. The number of hydrogen-bond acceptors (Lipinski definition) is 4. The van der Waals surface area contributed by atoms with Gasteiger partial charge in [0.05, 0.1) is 13.2 Å². The Kier molecular flexibility index (Phi) is 6.77. The molecule has 0 bridgehead atoms. The number of benzene rings is 1. The molecule has 0 fully saturated rings. The molecule has 5 nitrogen and oxygen atoms in total. The third-order valence-corrected chi connectivity index (χ3v) is 2.79. The fraction of sp³-hybridized carbons (Fsp3) is 0.562. The Morgan fingerprint density at radius 1 is 1.41 bits per heavy atom. The Bertz CT molecular complexity index is 487. The molecule has 0 aromatic heterocycles. The topological polar surface area (TPSA) is 59.0 Å². The summed E-state index contributed by atoms with van der Waals surface area (Å²) in [5.74, 6) is -0.402. The molecule has 0 saturated carbocycles. The number of aliphatic hydroxyl groups excluding tert-OH is 1. The van der Waals surface area contributed by atoms with Gasteiger partial charge in [-0.15, -0.1) is 0 Å². The Morgan fingerprint density at radius 2 is 2.09 bits per heavy atom. The van der Waals surface area contributed by atoms with Crippen molar-refractivity contribution in [1.29, 1.82) is 0 Å². The molecule has 0 radical (unpaired) electrons. The van der Waals surface area contributed by atoms with Gasteiger partial charge in [0.25, 0.3) is 0 Å². The molecule has 0 unspecified atom stereocenters. The van der Waals surface area contributed by atoms with E-state index in [1.807, 2.05) is 0 Å². The standard InChI is InChI=1S/C16H24FNO4/c1-16(2,3)22-15(20)18(4)8-9-21-11-14(19)12-6-5-7-13(17)10-12/h5-7,10,14,19H,8-9,11H2,1-4H3/t14-/m0/s1. The normalized spacial score (nSPS) is 12.8. The number of carbonyl (C=O) groups is 1. The fourth-order valence-electron chi connectivity index (χ4n) is 1.64. The van der Waals surface area contributed by atoms with E-state index in [-0.39, 0.29) is 13.2 Å². The molecule has 1 amide bonds. The maximum absolute atomic E-state index is 13.0. The molecule has 1 N–H and O–H groups in total. The highest BCUT2D eigenvalue weighted by Gasteiger charge is 2.19. The number of nitrogens with zero attached hydrogens (tertiary/aromatic N) is 1. The summed E-state index contributed by atoms with van der Waals surface area (Å²) in [4.78, 5) is 13.1. The maximum Gasteiger partial charge on any atom is 0.410 e. The van der Waals surface area contributed by atoms with Gasteiger partial charge in [0.15, 0.2) is 0 Å². The van der Waals surface area contributed by atoms with Gasteiger partial charge in [0, 0.05) is 13.6 Å². The van der Waals surface area contributed by atoms with E-state index in [2.05, 4.69) is 0 Å². The van der Waals surface area contributed by atoms with Crippen molar-refractivity contribution in [3.63, 3.8) is 0 Å². The maximum atomic E-state index is 13.0. The van der Waals surface area contributed by atoms with Crippen LogP contribution in [0.2, 0.25) is 0 Å². The first-order chi connectivity index (χ1) is 10.2. The van der Waals surface area contributed by atoms with E-state index < -0.39 is 23.6 Å². The zero-order chi connectivity index (χ0) is 16.8. The predicted octanol–water partition coefficient (Wildman–Crippen LogP) is 2.74. The molecule has 1 aromatic carbocycles. The minimum atomic E-state index is -0.900. The summed E-state index contributed by atoms with van der Waals surface area (Å²) in [6, 6.07) is 5.74. The van der Waals surface area contributed by atoms with Crippen LogP contribution in [0.15, 0.2) is 24.3 Å². The average Bonchev–Trinajstić information content (AvgIpc) is 2.41. The number of amides is 1. The van der Waals surface area contributed by atoms with Crippen LogP contribution < -0.4 is 0 Å². The van der Waals surface area contributed by atoms with Crippen molar-refractivity contribution in [3.05, 3.63) is 35.6 Å². The van der Waals surface area contributed by atoms with Crippen LogP contribution in [0.3, 0.4) is 0 Å². The monoisotopic (exact) mass is 313 g/mol. The number of hydrogen-bond donors (Lipinski definition) is 1. The van der Waals surface area contributed by atoms with Gasteiger partial charge in [-0.1, -0.05) is 12.1 Å². The minimum Gasteiger partial charge on any atom is -0.444 e. The lowest BCUT2D eigenvalue weighted by molar-refractivity contribution is 0.0106. The number of ether oxygens (including phenoxy) is 2. The van der Waals surface area contributed by atoms with Crippen LogP contribution in [0, 0.1) is 5.82 Å². The number of aliphatic hydroxyl groups is 1. The lowest BCUT2D eigenvalue weighted by Crippen LogP contribution is -2.36. The Morgan fingerprint density at radius 3 is 2.68 bits per heavy atom. The Hall–Kier alpha value is -1.66. The molecule has 0 aliphatic rings. The molecule has 6 heteroatoms. The van der Waals surface area contributed by atoms with Crippen molar-refractivity contribution < 1.29 is 23.8 Å². The number of likely N-dealkylation sites (N-methyl/N-ethyl adjacent to an activating group) is 1. The zero-order valence-electron chi connectivity index (χ0n) is 13.5. The molecule has 124 valence electrons. The van der Waals surface area contributed by atoms with Crippen LogP contribution in [0.5, 0.6) is 0 Å². The first-order valence-corrected chi connectivity index (χ1v) is 7.14. The van der Waals surface area contributed by atoms with E-state index >= 15 is 0 Å². The second-order valence-electron chi connectivity index (χ2n) is 6.05. The lowest BCUT2D eigenvalue weighted by atomic mass is 10.1. The number of carbonyl (C=O) groups excluding carboxylic acids is 1. The highest BCUT2D eigenvalue weighted by molar-refractivity contribution is 5.67. The summed E-state index contributed by atoms with van der Waals surface area (Å²) in [5.41, 5.74) is -0.0831. The molecule has 0 saturated heterocycles. The van der Waals surface area contributed by atoms with Crippen LogP contribution in [0.25, 0.3) is 0 Å². The van der Waals surface area contributed by atoms with E-state index in [4.69, 9.17) is 9.47 Å². The lowest BCUT2D eigenvalue weighted by Gasteiger charge is -2.24. The van der Waals surface area contributed by atoms with Gasteiger partial charge in [-0.05, 0) is 38.5 Å². The van der Waals surface area contributed by atoms with E-state index in [1.54, 1.807) is 33.9 Å². The smallest absolute Gasteiger partial charge is 0.410 e. The molecule has 0 aliphatic heterocycles. The molecule has 1 rings (SSSR count). The van der Waals surface area contributed by atoms with Gasteiger partial charge >= 0.3 is 6.09 Å². The van der Waals surface area contributed by atoms with Crippen molar-refractivity contribution in [2.24, 2.45) is 0 Å². The average molecular weight is 313 g/mol. The van der Waals surface area contributed by atoms with Crippen molar-refractivity contribution >= 4 is 6.09 Å². The molecular weight excluding hydrogens is 289 g/mol. The first-order valence-electron chi connectivity index (χ1n) is 7.14. The number of rotatable bonds is 6. The molecular formula is C16H24FNO4. The fourth-order valence-corrected chi connectivity index (χ4v) is 1.64. The third-order valence-electron chi connectivity index (χ3n) is 2.79. The number of halogens is 1. The summed E-state index contributed by atoms with van der Waals surface area (Å²) in [6.07, 6.45) is -1.33. The van der Waals surface area contributed by atoms with Crippen LogP contribution in [0.1, 0.15) is 32.4 Å². The summed E-state index contributed by atoms with van der Waals surface area (Å²) in [5, 5.41) is 9.88. The van der Waals surface area contributed by atoms with E-state index in [0.717, 1.165) is 0 Å². The summed E-state index contributed by atoms with van der Waals surface area (Å²) in [6.45, 7) is 6.01. The summed E-state index contributed by atoms with van der Waals surface area (Å²) in [7, 11) is 1.61. The molecule has 0 heterocycles. The molecule has 0 spiro atoms. The van der Waals surface area contributed by atoms with Crippen molar-refractivity contribution in [2.45, 2.75) is 32.5 Å². The zero-order valence-corrected chi connectivity index (χ0v) is 13.5.